The van der Waals surface area contributed by atoms with Gasteiger partial charge in [-0.2, -0.15) is 0 Å². The Balaban J connectivity index is 1.76. The van der Waals surface area contributed by atoms with Gasteiger partial charge in [-0.3, -0.25) is 9.89 Å². The lowest BCUT2D eigenvalue weighted by atomic mass is 10.1. The topological polar surface area (TPSA) is 37.8 Å². The number of H-pyrrole nitrogens is 1. The average molecular weight is 300 g/mol. The number of aromatic nitrogens is 2. The molecule has 0 unspecified atom stereocenters. The second kappa shape index (κ2) is 5.97. The van der Waals surface area contributed by atoms with Crippen LogP contribution in [0, 0.1) is 11.6 Å². The second-order valence-electron chi connectivity index (χ2n) is 5.06. The highest BCUT2D eigenvalue weighted by Gasteiger charge is 2.06. The van der Waals surface area contributed by atoms with Crippen LogP contribution in [0.3, 0.4) is 0 Å². The first kappa shape index (κ1) is 14.3. The Hall–Kier alpha value is -2.69. The highest BCUT2D eigenvalue weighted by Crippen LogP contribution is 2.09. The van der Waals surface area contributed by atoms with Crippen molar-refractivity contribution in [3.8, 4) is 5.69 Å². The molecular weight excluding hydrogens is 286 g/mol. The summed E-state index contributed by atoms with van der Waals surface area (Å²) in [6.07, 6.45) is 1.33. The summed E-state index contributed by atoms with van der Waals surface area (Å²) < 4.78 is 27.1. The number of nitrogens with one attached hydrogen (secondary N) is 1. The van der Waals surface area contributed by atoms with Crippen LogP contribution in [0.25, 0.3) is 5.69 Å². The molecule has 0 spiro atoms. The highest BCUT2D eigenvalue weighted by atomic mass is 19.1. The third-order valence-corrected chi connectivity index (χ3v) is 3.45. The van der Waals surface area contributed by atoms with Crippen molar-refractivity contribution in [2.45, 2.75) is 12.8 Å². The highest BCUT2D eigenvalue weighted by molar-refractivity contribution is 5.31. The van der Waals surface area contributed by atoms with E-state index in [9.17, 15) is 13.6 Å². The largest absolute Gasteiger partial charge is 0.295 e. The lowest BCUT2D eigenvalue weighted by molar-refractivity contribution is 0.626. The number of rotatable bonds is 4. The molecule has 0 fully saturated rings. The quantitative estimate of drug-likeness (QED) is 0.789. The summed E-state index contributed by atoms with van der Waals surface area (Å²) in [6, 6.07) is 13.5. The molecule has 0 aliphatic heterocycles. The monoisotopic (exact) mass is 300 g/mol. The molecule has 0 atom stereocenters. The molecule has 3 nitrogen and oxygen atoms in total. The summed E-state index contributed by atoms with van der Waals surface area (Å²) in [6.45, 7) is 0. The lowest BCUT2D eigenvalue weighted by Gasteiger charge is -2.02. The number of aromatic amines is 1. The third kappa shape index (κ3) is 3.14. The van der Waals surface area contributed by atoms with Crippen LogP contribution in [-0.2, 0) is 12.8 Å². The van der Waals surface area contributed by atoms with Gasteiger partial charge >= 0.3 is 0 Å². The van der Waals surface area contributed by atoms with Gasteiger partial charge in [0, 0.05) is 11.8 Å². The molecule has 1 heterocycles. The van der Waals surface area contributed by atoms with Gasteiger partial charge in [0.15, 0.2) is 0 Å². The van der Waals surface area contributed by atoms with Gasteiger partial charge < -0.3 is 0 Å². The first-order chi connectivity index (χ1) is 10.6. The van der Waals surface area contributed by atoms with Gasteiger partial charge in [-0.25, -0.2) is 13.5 Å². The average Bonchev–Trinajstić information content (AvgIpc) is 2.89. The van der Waals surface area contributed by atoms with E-state index in [2.05, 4.69) is 5.10 Å². The summed E-state index contributed by atoms with van der Waals surface area (Å²) in [5.74, 6) is -0.612. The summed E-state index contributed by atoms with van der Waals surface area (Å²) in [7, 11) is 0. The zero-order valence-electron chi connectivity index (χ0n) is 11.7. The van der Waals surface area contributed by atoms with Gasteiger partial charge in [0.2, 0.25) is 0 Å². The van der Waals surface area contributed by atoms with Crippen molar-refractivity contribution in [2.24, 2.45) is 0 Å². The summed E-state index contributed by atoms with van der Waals surface area (Å²) in [5.41, 5.74) is 2.16. The Morgan fingerprint density at radius 2 is 1.45 bits per heavy atom. The van der Waals surface area contributed by atoms with E-state index in [0.29, 0.717) is 18.5 Å². The van der Waals surface area contributed by atoms with Gasteiger partial charge in [0.05, 0.1) is 5.69 Å². The SMILES string of the molecule is O=c1cc(CCc2ccc(F)cc2)[nH]n1-c1ccc(F)cc1. The maximum atomic E-state index is 12.9. The zero-order valence-corrected chi connectivity index (χ0v) is 11.7. The first-order valence-electron chi connectivity index (χ1n) is 6.93. The van der Waals surface area contributed by atoms with E-state index >= 15 is 0 Å². The maximum absolute atomic E-state index is 12.9. The number of halogens is 2. The molecule has 3 rings (SSSR count). The van der Waals surface area contributed by atoms with Crippen LogP contribution in [0.15, 0.2) is 59.4 Å². The van der Waals surface area contributed by atoms with Gasteiger partial charge in [0.1, 0.15) is 11.6 Å². The van der Waals surface area contributed by atoms with Crippen molar-refractivity contribution in [1.29, 1.82) is 0 Å². The van der Waals surface area contributed by atoms with Crippen molar-refractivity contribution in [2.75, 3.05) is 0 Å². The number of hydrogen-bond donors (Lipinski definition) is 1. The van der Waals surface area contributed by atoms with Crippen molar-refractivity contribution >= 4 is 0 Å². The van der Waals surface area contributed by atoms with E-state index in [1.165, 1.54) is 47.1 Å². The van der Waals surface area contributed by atoms with E-state index in [1.807, 2.05) is 0 Å². The fraction of sp³-hybridized carbons (Fsp3) is 0.118. The normalized spacial score (nSPS) is 10.8. The molecule has 3 aromatic rings. The second-order valence-corrected chi connectivity index (χ2v) is 5.06. The predicted molar refractivity (Wildman–Crippen MR) is 80.2 cm³/mol. The van der Waals surface area contributed by atoms with Crippen LogP contribution < -0.4 is 5.56 Å². The fourth-order valence-electron chi connectivity index (χ4n) is 2.28. The molecule has 112 valence electrons. The van der Waals surface area contributed by atoms with Crippen molar-refractivity contribution in [3.05, 3.63) is 87.8 Å². The van der Waals surface area contributed by atoms with Crippen LogP contribution >= 0.6 is 0 Å². The van der Waals surface area contributed by atoms with Crippen LogP contribution in [0.5, 0.6) is 0 Å². The Morgan fingerprint density at radius 1 is 0.864 bits per heavy atom. The molecule has 2 aromatic carbocycles. The Kier molecular flexibility index (Phi) is 3.87. The summed E-state index contributed by atoms with van der Waals surface area (Å²) in [4.78, 5) is 12.0. The molecule has 1 N–H and O–H groups in total. The fourth-order valence-corrected chi connectivity index (χ4v) is 2.28. The maximum Gasteiger partial charge on any atom is 0.271 e. The van der Waals surface area contributed by atoms with Crippen molar-refractivity contribution in [3.63, 3.8) is 0 Å². The van der Waals surface area contributed by atoms with E-state index in [1.54, 1.807) is 12.1 Å². The van der Waals surface area contributed by atoms with Gasteiger partial charge in [-0.1, -0.05) is 12.1 Å². The Bertz CT molecular complexity index is 817. The van der Waals surface area contributed by atoms with Crippen LogP contribution in [0.1, 0.15) is 11.3 Å². The number of aryl methyl sites for hydroxylation is 2. The number of benzene rings is 2. The molecule has 22 heavy (non-hydrogen) atoms. The molecule has 5 heteroatoms. The number of nitrogens with zero attached hydrogens (tertiary/aromatic N) is 1. The minimum atomic E-state index is -0.347. The van der Waals surface area contributed by atoms with E-state index < -0.39 is 0 Å². The zero-order chi connectivity index (χ0) is 15.5. The molecule has 0 saturated heterocycles. The molecule has 0 bridgehead atoms. The van der Waals surface area contributed by atoms with Gasteiger partial charge in [-0.05, 0) is 54.8 Å². The van der Waals surface area contributed by atoms with Gasteiger partial charge in [-0.15, -0.1) is 0 Å². The number of hydrogen-bond acceptors (Lipinski definition) is 1. The van der Waals surface area contributed by atoms with E-state index in [-0.39, 0.29) is 17.2 Å². The summed E-state index contributed by atoms with van der Waals surface area (Å²) in [5, 5.41) is 3.01. The van der Waals surface area contributed by atoms with Gasteiger partial charge in [0.25, 0.3) is 5.56 Å². The molecule has 0 radical (unpaired) electrons. The lowest BCUT2D eigenvalue weighted by Crippen LogP contribution is -2.13. The van der Waals surface area contributed by atoms with Crippen LogP contribution in [0.2, 0.25) is 0 Å². The van der Waals surface area contributed by atoms with Crippen molar-refractivity contribution < 1.29 is 8.78 Å². The summed E-state index contributed by atoms with van der Waals surface area (Å²) >= 11 is 0. The van der Waals surface area contributed by atoms with Crippen LogP contribution in [-0.4, -0.2) is 9.78 Å². The van der Waals surface area contributed by atoms with Crippen LogP contribution in [0.4, 0.5) is 8.78 Å². The molecular formula is C17H14F2N2O. The van der Waals surface area contributed by atoms with E-state index in [4.69, 9.17) is 0 Å². The first-order valence-corrected chi connectivity index (χ1v) is 6.93. The smallest absolute Gasteiger partial charge is 0.271 e. The minimum absolute atomic E-state index is 0.194. The Morgan fingerprint density at radius 3 is 2.09 bits per heavy atom. The minimum Gasteiger partial charge on any atom is -0.295 e. The third-order valence-electron chi connectivity index (χ3n) is 3.45. The molecule has 0 saturated carbocycles. The molecule has 0 amide bonds. The Labute approximate surface area is 125 Å². The molecule has 1 aromatic heterocycles. The van der Waals surface area contributed by atoms with E-state index in [0.717, 1.165) is 11.3 Å². The van der Waals surface area contributed by atoms with Crippen molar-refractivity contribution in [1.82, 2.24) is 9.78 Å². The molecule has 0 aliphatic carbocycles. The standard InChI is InChI=1S/C17H14F2N2O/c18-13-4-1-12(2-5-13)3-8-15-11-17(22)21(20-15)16-9-6-14(19)7-10-16/h1-2,4-7,9-11,20H,3,8H2. The molecule has 0 aliphatic rings. The predicted octanol–water partition coefficient (Wildman–Crippen LogP) is 3.23.